The summed E-state index contributed by atoms with van der Waals surface area (Å²) in [5.41, 5.74) is 2.49. The molecule has 1 heterocycles. The molecule has 0 spiro atoms. The van der Waals surface area contributed by atoms with Gasteiger partial charge in [-0.15, -0.1) is 0 Å². The molecule has 0 radical (unpaired) electrons. The van der Waals surface area contributed by atoms with Crippen LogP contribution in [0.25, 0.3) is 11.0 Å². The zero-order chi connectivity index (χ0) is 16.9. The van der Waals surface area contributed by atoms with Crippen LogP contribution < -0.4 is 4.74 Å². The van der Waals surface area contributed by atoms with E-state index in [0.29, 0.717) is 24.2 Å². The molecule has 3 aromatic rings. The maximum absolute atomic E-state index is 11.7. The SMILES string of the molecule is CCOC(=O)Cc1ccccc1OCc1cccc2oc(Cl)cc12. The Morgan fingerprint density at radius 3 is 2.75 bits per heavy atom. The number of furan rings is 1. The minimum absolute atomic E-state index is 0.186. The molecule has 124 valence electrons. The zero-order valence-corrected chi connectivity index (χ0v) is 14.0. The minimum Gasteiger partial charge on any atom is -0.489 e. The molecule has 0 atom stereocenters. The van der Waals surface area contributed by atoms with Crippen molar-refractivity contribution < 1.29 is 18.7 Å². The van der Waals surface area contributed by atoms with Crippen molar-refractivity contribution in [3.05, 3.63) is 64.9 Å². The summed E-state index contributed by atoms with van der Waals surface area (Å²) in [4.78, 5) is 11.7. The van der Waals surface area contributed by atoms with Crippen LogP contribution >= 0.6 is 11.6 Å². The number of fused-ring (bicyclic) bond motifs is 1. The number of hydrogen-bond donors (Lipinski definition) is 0. The Morgan fingerprint density at radius 1 is 1.12 bits per heavy atom. The number of hydrogen-bond acceptors (Lipinski definition) is 4. The van der Waals surface area contributed by atoms with E-state index in [0.717, 1.165) is 22.1 Å². The molecule has 4 nitrogen and oxygen atoms in total. The van der Waals surface area contributed by atoms with Crippen molar-refractivity contribution in [2.24, 2.45) is 0 Å². The van der Waals surface area contributed by atoms with Crippen LogP contribution in [0.5, 0.6) is 5.75 Å². The van der Waals surface area contributed by atoms with Gasteiger partial charge < -0.3 is 13.9 Å². The van der Waals surface area contributed by atoms with Crippen LogP contribution in [0, 0.1) is 0 Å². The summed E-state index contributed by atoms with van der Waals surface area (Å²) in [5, 5.41) is 1.27. The van der Waals surface area contributed by atoms with E-state index in [2.05, 4.69) is 0 Å². The van der Waals surface area contributed by atoms with E-state index < -0.39 is 0 Å². The maximum atomic E-state index is 11.7. The lowest BCUT2D eigenvalue weighted by molar-refractivity contribution is -0.142. The second-order valence-corrected chi connectivity index (χ2v) is 5.63. The lowest BCUT2D eigenvalue weighted by Gasteiger charge is -2.11. The standard InChI is InChI=1S/C19H17ClO4/c1-2-22-19(21)10-13-6-3-4-8-16(13)23-12-14-7-5-9-17-15(14)11-18(20)24-17/h3-9,11H,2,10,12H2,1H3. The number of halogens is 1. The van der Waals surface area contributed by atoms with Crippen LogP contribution in [-0.4, -0.2) is 12.6 Å². The van der Waals surface area contributed by atoms with E-state index >= 15 is 0 Å². The Balaban J connectivity index is 1.78. The molecule has 5 heteroatoms. The predicted octanol–water partition coefficient (Wildman–Crippen LogP) is 4.77. The second-order valence-electron chi connectivity index (χ2n) is 5.26. The van der Waals surface area contributed by atoms with Crippen molar-refractivity contribution in [3.63, 3.8) is 0 Å². The van der Waals surface area contributed by atoms with Gasteiger partial charge in [0.25, 0.3) is 0 Å². The Labute approximate surface area is 144 Å². The molecule has 0 saturated carbocycles. The molecule has 3 rings (SSSR count). The van der Waals surface area contributed by atoms with Crippen LogP contribution in [-0.2, 0) is 22.6 Å². The van der Waals surface area contributed by atoms with Gasteiger partial charge in [-0.2, -0.15) is 0 Å². The number of benzene rings is 2. The largest absolute Gasteiger partial charge is 0.489 e. The van der Waals surface area contributed by atoms with Gasteiger partial charge >= 0.3 is 5.97 Å². The molecular weight excluding hydrogens is 328 g/mol. The highest BCUT2D eigenvalue weighted by Gasteiger charge is 2.11. The molecule has 0 aliphatic carbocycles. The fraction of sp³-hybridized carbons (Fsp3) is 0.211. The Morgan fingerprint density at radius 2 is 1.92 bits per heavy atom. The normalized spacial score (nSPS) is 10.8. The number of carbonyl (C=O) groups excluding carboxylic acids is 1. The summed E-state index contributed by atoms with van der Waals surface area (Å²) in [6, 6.07) is 14.9. The van der Waals surface area contributed by atoms with Gasteiger partial charge in [0.05, 0.1) is 13.0 Å². The number of para-hydroxylation sites is 1. The van der Waals surface area contributed by atoms with E-state index in [1.807, 2.05) is 42.5 Å². The Hall–Kier alpha value is -2.46. The van der Waals surface area contributed by atoms with Gasteiger partial charge in [-0.1, -0.05) is 30.3 Å². The quantitative estimate of drug-likeness (QED) is 0.604. The fourth-order valence-corrected chi connectivity index (χ4v) is 2.72. The highest BCUT2D eigenvalue weighted by atomic mass is 35.5. The van der Waals surface area contributed by atoms with E-state index in [9.17, 15) is 4.79 Å². The molecule has 0 bridgehead atoms. The fourth-order valence-electron chi connectivity index (χ4n) is 2.53. The first-order chi connectivity index (χ1) is 11.7. The smallest absolute Gasteiger partial charge is 0.310 e. The molecule has 0 aliphatic rings. The molecule has 2 aromatic carbocycles. The van der Waals surface area contributed by atoms with E-state index in [1.54, 1.807) is 13.0 Å². The van der Waals surface area contributed by atoms with Crippen molar-refractivity contribution in [3.8, 4) is 5.75 Å². The molecule has 1 aromatic heterocycles. The van der Waals surface area contributed by atoms with Crippen LogP contribution in [0.3, 0.4) is 0 Å². The summed E-state index contributed by atoms with van der Waals surface area (Å²) in [7, 11) is 0. The first-order valence-corrected chi connectivity index (χ1v) is 8.08. The van der Waals surface area contributed by atoms with Gasteiger partial charge in [0.15, 0.2) is 5.22 Å². The Kier molecular flexibility index (Phi) is 5.06. The van der Waals surface area contributed by atoms with Crippen LogP contribution in [0.1, 0.15) is 18.1 Å². The van der Waals surface area contributed by atoms with E-state index in [-0.39, 0.29) is 12.4 Å². The lowest BCUT2D eigenvalue weighted by atomic mass is 10.1. The highest BCUT2D eigenvalue weighted by Crippen LogP contribution is 2.27. The third-order valence-corrected chi connectivity index (χ3v) is 3.80. The van der Waals surface area contributed by atoms with Gasteiger partial charge in [-0.05, 0) is 30.7 Å². The van der Waals surface area contributed by atoms with Crippen molar-refractivity contribution >= 4 is 28.5 Å². The maximum Gasteiger partial charge on any atom is 0.310 e. The number of esters is 1. The second kappa shape index (κ2) is 7.41. The first kappa shape index (κ1) is 16.4. The minimum atomic E-state index is -0.266. The van der Waals surface area contributed by atoms with Crippen LogP contribution in [0.15, 0.2) is 52.9 Å². The molecule has 0 fully saturated rings. The van der Waals surface area contributed by atoms with Gasteiger partial charge in [0, 0.05) is 22.6 Å². The third-order valence-electron chi connectivity index (χ3n) is 3.62. The van der Waals surface area contributed by atoms with Gasteiger partial charge in [-0.3, -0.25) is 4.79 Å². The topological polar surface area (TPSA) is 48.7 Å². The van der Waals surface area contributed by atoms with Gasteiger partial charge in [0.2, 0.25) is 0 Å². The number of rotatable bonds is 6. The van der Waals surface area contributed by atoms with E-state index in [1.165, 1.54) is 0 Å². The zero-order valence-electron chi connectivity index (χ0n) is 13.3. The average Bonchev–Trinajstić information content (AvgIpc) is 2.95. The molecule has 0 N–H and O–H groups in total. The molecular formula is C19H17ClO4. The third kappa shape index (κ3) is 3.71. The van der Waals surface area contributed by atoms with Crippen molar-refractivity contribution in [1.82, 2.24) is 0 Å². The van der Waals surface area contributed by atoms with Crippen molar-refractivity contribution in [2.75, 3.05) is 6.61 Å². The summed E-state index contributed by atoms with van der Waals surface area (Å²) in [6.07, 6.45) is 0.186. The summed E-state index contributed by atoms with van der Waals surface area (Å²) in [6.45, 7) is 2.51. The molecule has 0 amide bonds. The molecule has 0 aliphatic heterocycles. The molecule has 24 heavy (non-hydrogen) atoms. The predicted molar refractivity (Wildman–Crippen MR) is 92.3 cm³/mol. The summed E-state index contributed by atoms with van der Waals surface area (Å²) in [5.74, 6) is 0.398. The average molecular weight is 345 g/mol. The van der Waals surface area contributed by atoms with Gasteiger partial charge in [-0.25, -0.2) is 0 Å². The van der Waals surface area contributed by atoms with Gasteiger partial charge in [0.1, 0.15) is 17.9 Å². The first-order valence-electron chi connectivity index (χ1n) is 7.70. The van der Waals surface area contributed by atoms with Crippen molar-refractivity contribution in [2.45, 2.75) is 20.0 Å². The monoisotopic (exact) mass is 344 g/mol. The molecule has 0 unspecified atom stereocenters. The molecule has 0 saturated heterocycles. The Bertz CT molecular complexity index is 853. The lowest BCUT2D eigenvalue weighted by Crippen LogP contribution is -2.09. The number of carbonyl (C=O) groups is 1. The summed E-state index contributed by atoms with van der Waals surface area (Å²) >= 11 is 5.93. The number of ether oxygens (including phenoxy) is 2. The van der Waals surface area contributed by atoms with Crippen molar-refractivity contribution in [1.29, 1.82) is 0 Å². The van der Waals surface area contributed by atoms with Crippen LogP contribution in [0.4, 0.5) is 0 Å². The highest BCUT2D eigenvalue weighted by molar-refractivity contribution is 6.29. The van der Waals surface area contributed by atoms with Crippen LogP contribution in [0.2, 0.25) is 5.22 Å². The van der Waals surface area contributed by atoms with E-state index in [4.69, 9.17) is 25.5 Å². The summed E-state index contributed by atoms with van der Waals surface area (Å²) < 4.78 is 16.3.